The SMILES string of the molecule is CCOCCO[P+](C)(O)O. The van der Waals surface area contributed by atoms with Crippen molar-refractivity contribution in [2.24, 2.45) is 0 Å². The first-order valence-corrected chi connectivity index (χ1v) is 5.16. The molecule has 0 aliphatic rings. The summed E-state index contributed by atoms with van der Waals surface area (Å²) in [5, 5.41) is 0. The summed E-state index contributed by atoms with van der Waals surface area (Å²) in [6.07, 6.45) is 0. The molecule has 0 saturated carbocycles. The Hall–Kier alpha value is 0.270. The smallest absolute Gasteiger partial charge is 0.379 e. The fourth-order valence-corrected chi connectivity index (χ4v) is 0.834. The minimum atomic E-state index is -3.04. The Labute approximate surface area is 61.4 Å². The van der Waals surface area contributed by atoms with Crippen molar-refractivity contribution in [3.8, 4) is 0 Å². The van der Waals surface area contributed by atoms with Crippen molar-refractivity contribution in [1.29, 1.82) is 0 Å². The van der Waals surface area contributed by atoms with Crippen LogP contribution < -0.4 is 0 Å². The fraction of sp³-hybridized carbons (Fsp3) is 1.00. The van der Waals surface area contributed by atoms with E-state index in [-0.39, 0.29) is 6.61 Å². The van der Waals surface area contributed by atoms with Gasteiger partial charge in [0.25, 0.3) is 0 Å². The minimum Gasteiger partial charge on any atom is -0.379 e. The van der Waals surface area contributed by atoms with Gasteiger partial charge >= 0.3 is 7.94 Å². The summed E-state index contributed by atoms with van der Waals surface area (Å²) in [6.45, 7) is 4.40. The van der Waals surface area contributed by atoms with Gasteiger partial charge in [-0.1, -0.05) is 0 Å². The van der Waals surface area contributed by atoms with Crippen LogP contribution in [-0.2, 0) is 9.26 Å². The third kappa shape index (κ3) is 8.27. The molecule has 0 heterocycles. The first kappa shape index (κ1) is 10.3. The lowest BCUT2D eigenvalue weighted by Crippen LogP contribution is -2.04. The van der Waals surface area contributed by atoms with E-state index < -0.39 is 7.94 Å². The average molecular weight is 169 g/mol. The molecule has 2 N–H and O–H groups in total. The van der Waals surface area contributed by atoms with E-state index in [9.17, 15) is 0 Å². The Morgan fingerprint density at radius 3 is 2.30 bits per heavy atom. The highest BCUT2D eigenvalue weighted by Crippen LogP contribution is 2.45. The van der Waals surface area contributed by atoms with Crippen molar-refractivity contribution in [2.75, 3.05) is 26.5 Å². The van der Waals surface area contributed by atoms with Gasteiger partial charge in [0.05, 0.1) is 6.61 Å². The highest BCUT2D eigenvalue weighted by molar-refractivity contribution is 7.58. The highest BCUT2D eigenvalue weighted by Gasteiger charge is 2.26. The molecule has 0 amide bonds. The molecule has 0 saturated heterocycles. The zero-order valence-electron chi connectivity index (χ0n) is 6.28. The first-order valence-electron chi connectivity index (χ1n) is 3.10. The molecule has 4 nitrogen and oxygen atoms in total. The molecule has 0 unspecified atom stereocenters. The van der Waals surface area contributed by atoms with Gasteiger partial charge in [0.15, 0.2) is 0 Å². The summed E-state index contributed by atoms with van der Waals surface area (Å²) in [5.74, 6) is 0. The lowest BCUT2D eigenvalue weighted by atomic mass is 10.8. The van der Waals surface area contributed by atoms with E-state index in [0.717, 1.165) is 0 Å². The Morgan fingerprint density at radius 1 is 1.30 bits per heavy atom. The summed E-state index contributed by atoms with van der Waals surface area (Å²) >= 11 is 0. The van der Waals surface area contributed by atoms with Gasteiger partial charge in [-0.15, -0.1) is 0 Å². The standard InChI is InChI=1S/C5H14O4P/c1-3-8-4-5-9-10(2,6)7/h6-7H,3-5H2,1-2H3/q+1. The molecule has 0 bridgehead atoms. The topological polar surface area (TPSA) is 58.9 Å². The number of hydrogen-bond acceptors (Lipinski definition) is 4. The van der Waals surface area contributed by atoms with Crippen molar-refractivity contribution >= 4 is 7.94 Å². The van der Waals surface area contributed by atoms with Crippen LogP contribution in [0.25, 0.3) is 0 Å². The molecule has 5 heteroatoms. The summed E-state index contributed by atoms with van der Waals surface area (Å²) in [5.41, 5.74) is 0. The van der Waals surface area contributed by atoms with Gasteiger partial charge in [0.1, 0.15) is 13.3 Å². The molecule has 0 fully saturated rings. The second-order valence-electron chi connectivity index (χ2n) is 1.87. The van der Waals surface area contributed by atoms with Crippen molar-refractivity contribution in [3.63, 3.8) is 0 Å². The van der Waals surface area contributed by atoms with E-state index in [4.69, 9.17) is 14.5 Å². The summed E-state index contributed by atoms with van der Waals surface area (Å²) in [6, 6.07) is 0. The molecule has 62 valence electrons. The molecule has 0 atom stereocenters. The zero-order chi connectivity index (χ0) is 8.04. The molecule has 0 rings (SSSR count). The van der Waals surface area contributed by atoms with Crippen molar-refractivity contribution in [2.45, 2.75) is 6.92 Å². The van der Waals surface area contributed by atoms with Crippen LogP contribution in [0.4, 0.5) is 0 Å². The largest absolute Gasteiger partial charge is 0.403 e. The second-order valence-corrected chi connectivity index (χ2v) is 3.79. The normalized spacial score (nSPS) is 12.0. The lowest BCUT2D eigenvalue weighted by molar-refractivity contribution is 0.0999. The van der Waals surface area contributed by atoms with Gasteiger partial charge in [-0.2, -0.15) is 14.3 Å². The van der Waals surface area contributed by atoms with Crippen LogP contribution >= 0.6 is 7.94 Å². The Kier molecular flexibility index (Phi) is 5.13. The lowest BCUT2D eigenvalue weighted by Gasteiger charge is -2.04. The quantitative estimate of drug-likeness (QED) is 0.462. The van der Waals surface area contributed by atoms with Gasteiger partial charge in [-0.25, -0.2) is 0 Å². The van der Waals surface area contributed by atoms with Gasteiger partial charge in [-0.05, 0) is 6.92 Å². The minimum absolute atomic E-state index is 0.241. The zero-order valence-corrected chi connectivity index (χ0v) is 7.17. The van der Waals surface area contributed by atoms with Crippen LogP contribution in [0.5, 0.6) is 0 Å². The molecular weight excluding hydrogens is 155 g/mol. The summed E-state index contributed by atoms with van der Waals surface area (Å²) in [4.78, 5) is 17.4. The van der Waals surface area contributed by atoms with Crippen molar-refractivity contribution in [1.82, 2.24) is 0 Å². The Morgan fingerprint density at radius 2 is 1.90 bits per heavy atom. The van der Waals surface area contributed by atoms with E-state index in [2.05, 4.69) is 4.52 Å². The summed E-state index contributed by atoms with van der Waals surface area (Å²) < 4.78 is 9.53. The van der Waals surface area contributed by atoms with Crippen LogP contribution in [0.2, 0.25) is 0 Å². The van der Waals surface area contributed by atoms with Gasteiger partial charge in [0.2, 0.25) is 0 Å². The molecule has 0 aliphatic carbocycles. The molecular formula is C5H14O4P+. The van der Waals surface area contributed by atoms with Crippen LogP contribution in [0.1, 0.15) is 6.92 Å². The maximum absolute atomic E-state index is 8.71. The number of rotatable bonds is 5. The molecule has 0 aromatic heterocycles. The van der Waals surface area contributed by atoms with Crippen LogP contribution in [0, 0.1) is 0 Å². The fourth-order valence-electron chi connectivity index (χ4n) is 0.413. The van der Waals surface area contributed by atoms with E-state index >= 15 is 0 Å². The average Bonchev–Trinajstić information content (AvgIpc) is 1.78. The Balaban J connectivity index is 3.04. The molecule has 0 radical (unpaired) electrons. The Bertz CT molecular complexity index is 80.2. The second kappa shape index (κ2) is 4.99. The molecule has 0 aromatic rings. The maximum atomic E-state index is 8.71. The molecule has 0 aromatic carbocycles. The molecule has 0 spiro atoms. The van der Waals surface area contributed by atoms with E-state index in [1.807, 2.05) is 6.92 Å². The molecule has 10 heavy (non-hydrogen) atoms. The van der Waals surface area contributed by atoms with Crippen molar-refractivity contribution < 1.29 is 19.0 Å². The highest BCUT2D eigenvalue weighted by atomic mass is 31.2. The third-order valence-corrected chi connectivity index (χ3v) is 1.44. The predicted octanol–water partition coefficient (Wildman–Crippen LogP) is 0.416. The molecule has 0 aliphatic heterocycles. The van der Waals surface area contributed by atoms with Crippen LogP contribution in [-0.4, -0.2) is 36.3 Å². The number of hydrogen-bond donors (Lipinski definition) is 2. The predicted molar refractivity (Wildman–Crippen MR) is 39.7 cm³/mol. The number of ether oxygens (including phenoxy) is 1. The van der Waals surface area contributed by atoms with Gasteiger partial charge in [0, 0.05) is 6.61 Å². The van der Waals surface area contributed by atoms with Gasteiger partial charge in [-0.3, -0.25) is 0 Å². The van der Waals surface area contributed by atoms with E-state index in [0.29, 0.717) is 13.2 Å². The van der Waals surface area contributed by atoms with Crippen molar-refractivity contribution in [3.05, 3.63) is 0 Å². The van der Waals surface area contributed by atoms with Crippen LogP contribution in [0.3, 0.4) is 0 Å². The van der Waals surface area contributed by atoms with E-state index in [1.54, 1.807) is 0 Å². The maximum Gasteiger partial charge on any atom is 0.403 e. The van der Waals surface area contributed by atoms with E-state index in [1.165, 1.54) is 6.66 Å². The summed E-state index contributed by atoms with van der Waals surface area (Å²) in [7, 11) is -3.04. The third-order valence-electron chi connectivity index (χ3n) is 0.768. The van der Waals surface area contributed by atoms with Crippen LogP contribution in [0.15, 0.2) is 0 Å². The monoisotopic (exact) mass is 169 g/mol. The van der Waals surface area contributed by atoms with Gasteiger partial charge < -0.3 is 4.74 Å². The first-order chi connectivity index (χ1) is 4.56.